The standard InChI is InChI=1S/C17H25N3O2/c1-3-19(4-2)11-10-18-17(22)14-12-16(21)20(13-14)15-8-6-5-7-9-15/h5-9,14H,3-4,10-13H2,1-2H3,(H,18,22)/t14-/m1/s1. The van der Waals surface area contributed by atoms with Crippen molar-refractivity contribution in [1.29, 1.82) is 0 Å². The second kappa shape index (κ2) is 7.94. The summed E-state index contributed by atoms with van der Waals surface area (Å²) >= 11 is 0. The maximum Gasteiger partial charge on any atom is 0.227 e. The smallest absolute Gasteiger partial charge is 0.227 e. The van der Waals surface area contributed by atoms with Gasteiger partial charge in [-0.1, -0.05) is 32.0 Å². The maximum absolute atomic E-state index is 12.2. The van der Waals surface area contributed by atoms with Gasteiger partial charge in [0.1, 0.15) is 0 Å². The first-order valence-electron chi connectivity index (χ1n) is 8.01. The predicted octanol–water partition coefficient (Wildman–Crippen LogP) is 1.50. The fourth-order valence-electron chi connectivity index (χ4n) is 2.76. The monoisotopic (exact) mass is 303 g/mol. The minimum Gasteiger partial charge on any atom is -0.355 e. The first kappa shape index (κ1) is 16.5. The lowest BCUT2D eigenvalue weighted by molar-refractivity contribution is -0.126. The number of hydrogen-bond donors (Lipinski definition) is 1. The summed E-state index contributed by atoms with van der Waals surface area (Å²) < 4.78 is 0. The molecular weight excluding hydrogens is 278 g/mol. The minimum atomic E-state index is -0.246. The van der Waals surface area contributed by atoms with Crippen LogP contribution in [0.15, 0.2) is 30.3 Å². The molecule has 0 radical (unpaired) electrons. The molecule has 5 nitrogen and oxygen atoms in total. The van der Waals surface area contributed by atoms with Crippen LogP contribution in [0.25, 0.3) is 0 Å². The lowest BCUT2D eigenvalue weighted by Gasteiger charge is -2.19. The van der Waals surface area contributed by atoms with E-state index >= 15 is 0 Å². The molecule has 0 bridgehead atoms. The quantitative estimate of drug-likeness (QED) is 0.830. The van der Waals surface area contributed by atoms with E-state index in [0.29, 0.717) is 19.5 Å². The van der Waals surface area contributed by atoms with E-state index in [9.17, 15) is 9.59 Å². The number of carbonyl (C=O) groups excluding carboxylic acids is 2. The third-order valence-electron chi connectivity index (χ3n) is 4.19. The Morgan fingerprint density at radius 2 is 1.95 bits per heavy atom. The molecule has 5 heteroatoms. The van der Waals surface area contributed by atoms with Gasteiger partial charge >= 0.3 is 0 Å². The van der Waals surface area contributed by atoms with Crippen molar-refractivity contribution < 1.29 is 9.59 Å². The van der Waals surface area contributed by atoms with Crippen molar-refractivity contribution in [3.8, 4) is 0 Å². The van der Waals surface area contributed by atoms with Crippen molar-refractivity contribution in [2.24, 2.45) is 5.92 Å². The van der Waals surface area contributed by atoms with Crippen LogP contribution in [0.5, 0.6) is 0 Å². The molecule has 0 aromatic heterocycles. The second-order valence-electron chi connectivity index (χ2n) is 5.56. The average Bonchev–Trinajstić information content (AvgIpc) is 2.94. The zero-order valence-corrected chi connectivity index (χ0v) is 13.4. The molecule has 1 aliphatic rings. The molecule has 120 valence electrons. The normalized spacial score (nSPS) is 18.0. The summed E-state index contributed by atoms with van der Waals surface area (Å²) in [5.74, 6) is -0.238. The van der Waals surface area contributed by atoms with E-state index in [0.717, 1.165) is 25.3 Å². The Labute approximate surface area is 132 Å². The van der Waals surface area contributed by atoms with E-state index < -0.39 is 0 Å². The van der Waals surface area contributed by atoms with Gasteiger partial charge in [0.2, 0.25) is 11.8 Å². The molecule has 1 heterocycles. The summed E-state index contributed by atoms with van der Waals surface area (Å²) in [6, 6.07) is 9.53. The molecule has 2 amide bonds. The Kier molecular flexibility index (Phi) is 5.95. The first-order valence-corrected chi connectivity index (χ1v) is 8.01. The molecule has 2 rings (SSSR count). The average molecular weight is 303 g/mol. The Bertz CT molecular complexity index is 500. The molecule has 0 spiro atoms. The second-order valence-corrected chi connectivity index (χ2v) is 5.56. The highest BCUT2D eigenvalue weighted by Crippen LogP contribution is 2.24. The molecule has 1 saturated heterocycles. The van der Waals surface area contributed by atoms with Crippen LogP contribution in [-0.4, -0.2) is 49.4 Å². The number of amides is 2. The van der Waals surface area contributed by atoms with Crippen molar-refractivity contribution >= 4 is 17.5 Å². The summed E-state index contributed by atoms with van der Waals surface area (Å²) in [6.45, 7) is 8.14. The number of nitrogens with zero attached hydrogens (tertiary/aromatic N) is 2. The number of carbonyl (C=O) groups is 2. The van der Waals surface area contributed by atoms with E-state index in [4.69, 9.17) is 0 Å². The van der Waals surface area contributed by atoms with Crippen LogP contribution in [0.3, 0.4) is 0 Å². The van der Waals surface area contributed by atoms with Gasteiger partial charge in [-0.05, 0) is 25.2 Å². The van der Waals surface area contributed by atoms with Gasteiger partial charge < -0.3 is 15.1 Å². The van der Waals surface area contributed by atoms with Crippen LogP contribution in [0.2, 0.25) is 0 Å². The van der Waals surface area contributed by atoms with Crippen molar-refractivity contribution in [3.63, 3.8) is 0 Å². The summed E-state index contributed by atoms with van der Waals surface area (Å²) in [5.41, 5.74) is 0.867. The molecule has 1 aromatic rings. The van der Waals surface area contributed by atoms with Gasteiger partial charge in [0.05, 0.1) is 5.92 Å². The molecule has 1 aliphatic heterocycles. The number of rotatable bonds is 7. The highest BCUT2D eigenvalue weighted by Gasteiger charge is 2.34. The molecule has 1 atom stereocenters. The third-order valence-corrected chi connectivity index (χ3v) is 4.19. The first-order chi connectivity index (χ1) is 10.7. The predicted molar refractivity (Wildman–Crippen MR) is 87.7 cm³/mol. The van der Waals surface area contributed by atoms with Crippen molar-refractivity contribution in [2.45, 2.75) is 20.3 Å². The molecule has 0 aliphatic carbocycles. The van der Waals surface area contributed by atoms with Gasteiger partial charge in [0.25, 0.3) is 0 Å². The van der Waals surface area contributed by atoms with E-state index in [2.05, 4.69) is 24.1 Å². The number of likely N-dealkylation sites (N-methyl/N-ethyl adjacent to an activating group) is 1. The zero-order valence-electron chi connectivity index (χ0n) is 13.4. The number of anilines is 1. The molecule has 22 heavy (non-hydrogen) atoms. The lowest BCUT2D eigenvalue weighted by Crippen LogP contribution is -2.38. The minimum absolute atomic E-state index is 0.0149. The van der Waals surface area contributed by atoms with Crippen LogP contribution in [0.1, 0.15) is 20.3 Å². The fraction of sp³-hybridized carbons (Fsp3) is 0.529. The summed E-state index contributed by atoms with van der Waals surface area (Å²) in [4.78, 5) is 28.3. The molecule has 1 N–H and O–H groups in total. The largest absolute Gasteiger partial charge is 0.355 e. The van der Waals surface area contributed by atoms with Crippen molar-refractivity contribution in [1.82, 2.24) is 10.2 Å². The Morgan fingerprint density at radius 3 is 2.59 bits per heavy atom. The van der Waals surface area contributed by atoms with Crippen molar-refractivity contribution in [2.75, 3.05) is 37.6 Å². The Morgan fingerprint density at radius 1 is 1.27 bits per heavy atom. The fourth-order valence-corrected chi connectivity index (χ4v) is 2.76. The van der Waals surface area contributed by atoms with E-state index in [1.54, 1.807) is 4.90 Å². The Hall–Kier alpha value is -1.88. The Balaban J connectivity index is 1.84. The van der Waals surface area contributed by atoms with E-state index in [1.807, 2.05) is 30.3 Å². The molecule has 0 unspecified atom stereocenters. The van der Waals surface area contributed by atoms with Gasteiger partial charge in [-0.3, -0.25) is 9.59 Å². The highest BCUT2D eigenvalue weighted by atomic mass is 16.2. The van der Waals surface area contributed by atoms with Gasteiger partial charge in [-0.2, -0.15) is 0 Å². The molecule has 0 saturated carbocycles. The number of benzene rings is 1. The van der Waals surface area contributed by atoms with E-state index in [-0.39, 0.29) is 17.7 Å². The van der Waals surface area contributed by atoms with Gasteiger partial charge in [0.15, 0.2) is 0 Å². The molecule has 1 fully saturated rings. The number of nitrogens with one attached hydrogen (secondary N) is 1. The highest BCUT2D eigenvalue weighted by molar-refractivity contribution is 6.00. The summed E-state index contributed by atoms with van der Waals surface area (Å²) in [7, 11) is 0. The summed E-state index contributed by atoms with van der Waals surface area (Å²) in [6.07, 6.45) is 0.298. The van der Waals surface area contributed by atoms with Crippen LogP contribution in [0, 0.1) is 5.92 Å². The van der Waals surface area contributed by atoms with Crippen molar-refractivity contribution in [3.05, 3.63) is 30.3 Å². The number of para-hydroxylation sites is 1. The number of hydrogen-bond acceptors (Lipinski definition) is 3. The SMILES string of the molecule is CCN(CC)CCNC(=O)[C@@H]1CC(=O)N(c2ccccc2)C1. The maximum atomic E-state index is 12.2. The van der Waals surface area contributed by atoms with Crippen LogP contribution < -0.4 is 10.2 Å². The molecule has 1 aromatic carbocycles. The van der Waals surface area contributed by atoms with Gasteiger partial charge in [-0.15, -0.1) is 0 Å². The zero-order chi connectivity index (χ0) is 15.9. The molecular formula is C17H25N3O2. The van der Waals surface area contributed by atoms with E-state index in [1.165, 1.54) is 0 Å². The van der Waals surface area contributed by atoms with Gasteiger partial charge in [0, 0.05) is 31.7 Å². The lowest BCUT2D eigenvalue weighted by atomic mass is 10.1. The van der Waals surface area contributed by atoms with Gasteiger partial charge in [-0.25, -0.2) is 0 Å². The van der Waals surface area contributed by atoms with Crippen LogP contribution >= 0.6 is 0 Å². The topological polar surface area (TPSA) is 52.7 Å². The van der Waals surface area contributed by atoms with Crippen LogP contribution in [-0.2, 0) is 9.59 Å². The van der Waals surface area contributed by atoms with Crippen LogP contribution in [0.4, 0.5) is 5.69 Å². The summed E-state index contributed by atoms with van der Waals surface area (Å²) in [5, 5.41) is 2.96. The third kappa shape index (κ3) is 4.07.